The van der Waals surface area contributed by atoms with Crippen molar-refractivity contribution in [1.29, 1.82) is 0 Å². The van der Waals surface area contributed by atoms with Gasteiger partial charge in [0.05, 0.1) is 15.6 Å². The van der Waals surface area contributed by atoms with Crippen molar-refractivity contribution in [3.05, 3.63) is 0 Å². The zero-order valence-corrected chi connectivity index (χ0v) is 8.92. The van der Waals surface area contributed by atoms with Crippen LogP contribution in [0.3, 0.4) is 0 Å². The Kier molecular flexibility index (Phi) is 10.5. The third-order valence-corrected chi connectivity index (χ3v) is 1.80. The summed E-state index contributed by atoms with van der Waals surface area (Å²) in [5, 5.41) is 0. The Balaban J connectivity index is -0.000000320. The molecule has 0 N–H and O–H groups in total. The molecule has 0 aromatic carbocycles. The molecular weight excluding hydrogens is 226 g/mol. The normalized spacial score (nSPS) is 11.3. The van der Waals surface area contributed by atoms with E-state index in [1.54, 1.807) is 0 Å². The van der Waals surface area contributed by atoms with Crippen LogP contribution in [0.4, 0.5) is 0 Å². The molecular formula is LiO7P2Sc. The van der Waals surface area contributed by atoms with E-state index in [9.17, 15) is 28.7 Å². The Labute approximate surface area is 93.0 Å². The molecule has 0 amide bonds. The van der Waals surface area contributed by atoms with Gasteiger partial charge < -0.3 is 33.0 Å². The first-order chi connectivity index (χ1) is 3.71. The predicted octanol–water partition coefficient (Wildman–Crippen LogP) is -6.34. The third kappa shape index (κ3) is 18.6. The van der Waals surface area contributed by atoms with Crippen LogP contribution < -0.4 is 38.4 Å². The van der Waals surface area contributed by atoms with Gasteiger partial charge in [-0.25, -0.2) is 0 Å². The van der Waals surface area contributed by atoms with Crippen LogP contribution in [0.5, 0.6) is 0 Å². The van der Waals surface area contributed by atoms with Crippen LogP contribution in [0.15, 0.2) is 0 Å². The predicted molar refractivity (Wildman–Crippen MR) is 16.3 cm³/mol. The first-order valence-electron chi connectivity index (χ1n) is 1.46. The summed E-state index contributed by atoms with van der Waals surface area (Å²) in [5.41, 5.74) is 0. The minimum atomic E-state index is -5.68. The Morgan fingerprint density at radius 2 is 1.09 bits per heavy atom. The molecule has 0 heterocycles. The van der Waals surface area contributed by atoms with Gasteiger partial charge in [0.1, 0.15) is 0 Å². The maximum Gasteiger partial charge on any atom is 3.00 e. The average molecular weight is 226 g/mol. The third-order valence-electron chi connectivity index (χ3n) is 0.200. The second kappa shape index (κ2) is 6.22. The summed E-state index contributed by atoms with van der Waals surface area (Å²) < 4.78 is 21.2. The first kappa shape index (κ1) is 18.5. The summed E-state index contributed by atoms with van der Waals surface area (Å²) in [7, 11) is -11.4. The maximum atomic E-state index is 9.32. The van der Waals surface area contributed by atoms with E-state index >= 15 is 0 Å². The van der Waals surface area contributed by atoms with Gasteiger partial charge >= 0.3 is 44.7 Å². The molecule has 0 bridgehead atoms. The van der Waals surface area contributed by atoms with E-state index in [-0.39, 0.29) is 44.7 Å². The smallest absolute Gasteiger partial charge is 0.790 e. The first-order valence-corrected chi connectivity index (χ1v) is 4.38. The van der Waals surface area contributed by atoms with E-state index < -0.39 is 15.6 Å². The van der Waals surface area contributed by atoms with Crippen molar-refractivity contribution < 1.29 is 77.7 Å². The molecule has 11 heavy (non-hydrogen) atoms. The van der Waals surface area contributed by atoms with Gasteiger partial charge in [0, 0.05) is 0 Å². The van der Waals surface area contributed by atoms with Gasteiger partial charge in [-0.05, 0) is 0 Å². The zero-order valence-electron chi connectivity index (χ0n) is 5.33. The van der Waals surface area contributed by atoms with Crippen LogP contribution in [0.25, 0.3) is 0 Å². The second-order valence-electron chi connectivity index (χ2n) is 0.976. The topological polar surface area (TPSA) is 136 Å². The van der Waals surface area contributed by atoms with Crippen molar-refractivity contribution in [3.8, 4) is 0 Å². The quantitative estimate of drug-likeness (QED) is 0.337. The Hall–Kier alpha value is 1.73. The van der Waals surface area contributed by atoms with Gasteiger partial charge in [-0.3, -0.25) is 0 Å². The summed E-state index contributed by atoms with van der Waals surface area (Å²) in [5.74, 6) is 0. The molecule has 56 valence electrons. The van der Waals surface area contributed by atoms with E-state index in [1.165, 1.54) is 0 Å². The minimum absolute atomic E-state index is 0. The monoisotopic (exact) mass is 226 g/mol. The van der Waals surface area contributed by atoms with E-state index in [4.69, 9.17) is 0 Å². The number of hydrogen-bond donors (Lipinski definition) is 0. The summed E-state index contributed by atoms with van der Waals surface area (Å²) in [6, 6.07) is 0. The Morgan fingerprint density at radius 3 is 1.09 bits per heavy atom. The van der Waals surface area contributed by atoms with E-state index in [0.717, 1.165) is 0 Å². The fourth-order valence-electron chi connectivity index (χ4n) is 0.122. The van der Waals surface area contributed by atoms with E-state index in [0.29, 0.717) is 0 Å². The maximum absolute atomic E-state index is 9.32. The van der Waals surface area contributed by atoms with Crippen LogP contribution in [0, 0.1) is 0 Å². The molecule has 11 heteroatoms. The van der Waals surface area contributed by atoms with Crippen molar-refractivity contribution in [2.45, 2.75) is 0 Å². The molecule has 0 aliphatic carbocycles. The molecule has 0 radical (unpaired) electrons. The van der Waals surface area contributed by atoms with E-state index in [2.05, 4.69) is 4.31 Å². The fourth-order valence-corrected chi connectivity index (χ4v) is 1.10. The van der Waals surface area contributed by atoms with Gasteiger partial charge in [0.15, 0.2) is 0 Å². The Morgan fingerprint density at radius 1 is 0.909 bits per heavy atom. The van der Waals surface area contributed by atoms with Crippen LogP contribution in [-0.4, -0.2) is 0 Å². The molecule has 0 aliphatic heterocycles. The van der Waals surface area contributed by atoms with Crippen LogP contribution >= 0.6 is 15.6 Å². The molecule has 0 rings (SSSR count). The Bertz CT molecular complexity index is 157. The summed E-state index contributed by atoms with van der Waals surface area (Å²) in [6.07, 6.45) is 0. The van der Waals surface area contributed by atoms with Gasteiger partial charge in [-0.2, -0.15) is 0 Å². The SMILES string of the molecule is O=P([O-])([O-])OP(=O)([O-])[O-].[Li+].[Sc+3]. The summed E-state index contributed by atoms with van der Waals surface area (Å²) >= 11 is 0. The summed E-state index contributed by atoms with van der Waals surface area (Å²) in [6.45, 7) is 0. The number of rotatable bonds is 2. The molecule has 0 atom stereocenters. The number of hydrogen-bond acceptors (Lipinski definition) is 7. The molecule has 0 spiro atoms. The number of phosphoric acid groups is 2. The molecule has 0 fully saturated rings. The largest absolute Gasteiger partial charge is 3.00 e. The molecule has 7 nitrogen and oxygen atoms in total. The van der Waals surface area contributed by atoms with Crippen molar-refractivity contribution in [1.82, 2.24) is 0 Å². The van der Waals surface area contributed by atoms with Crippen molar-refractivity contribution in [2.24, 2.45) is 0 Å². The van der Waals surface area contributed by atoms with Crippen molar-refractivity contribution in [3.63, 3.8) is 0 Å². The molecule has 0 aromatic heterocycles. The van der Waals surface area contributed by atoms with Gasteiger partial charge in [0.25, 0.3) is 0 Å². The van der Waals surface area contributed by atoms with Crippen LogP contribution in [-0.2, 0) is 39.3 Å². The van der Waals surface area contributed by atoms with Gasteiger partial charge in [-0.15, -0.1) is 0 Å². The average Bonchev–Trinajstić information content (AvgIpc) is 1.14. The molecule has 0 aromatic rings. The van der Waals surface area contributed by atoms with E-state index in [1.807, 2.05) is 0 Å². The van der Waals surface area contributed by atoms with Gasteiger partial charge in [0.2, 0.25) is 0 Å². The van der Waals surface area contributed by atoms with Crippen molar-refractivity contribution in [2.75, 3.05) is 0 Å². The van der Waals surface area contributed by atoms with Crippen molar-refractivity contribution >= 4 is 15.6 Å². The molecule has 0 saturated heterocycles. The fraction of sp³-hybridized carbons (Fsp3) is 0. The zero-order chi connectivity index (χ0) is 7.71. The van der Waals surface area contributed by atoms with Gasteiger partial charge in [-0.1, -0.05) is 0 Å². The molecule has 0 saturated carbocycles. The minimum Gasteiger partial charge on any atom is -0.790 e. The summed E-state index contributed by atoms with van der Waals surface area (Å²) in [4.78, 5) is 37.3. The molecule has 0 aliphatic rings. The van der Waals surface area contributed by atoms with Crippen LogP contribution in [0.1, 0.15) is 0 Å². The molecule has 0 unspecified atom stereocenters. The standard InChI is InChI=1S/Li.H4O7P2.Sc/c;1-8(2,3)7-9(4,5)6;/h;(H2,1,2,3)(H2,4,5,6);/q+1;;+3/p-4. The van der Waals surface area contributed by atoms with Crippen LogP contribution in [0.2, 0.25) is 0 Å². The second-order valence-corrected chi connectivity index (χ2v) is 3.42.